The van der Waals surface area contributed by atoms with Crippen molar-refractivity contribution in [2.24, 2.45) is 0 Å². The van der Waals surface area contributed by atoms with Gasteiger partial charge in [0, 0.05) is 15.6 Å². The Morgan fingerprint density at radius 1 is 1.33 bits per heavy atom. The van der Waals surface area contributed by atoms with Crippen molar-refractivity contribution in [1.29, 1.82) is 0 Å². The minimum absolute atomic E-state index is 0.169. The van der Waals surface area contributed by atoms with Crippen LogP contribution in [0.3, 0.4) is 0 Å². The highest BCUT2D eigenvalue weighted by molar-refractivity contribution is 9.10. The SMILES string of the molecule is O=C(O)Cn1cc(NC(=O)CSc2ccc(Br)cc2)cn1. The second-order valence-corrected chi connectivity index (χ2v) is 6.08. The van der Waals surface area contributed by atoms with E-state index >= 15 is 0 Å². The predicted octanol–water partition coefficient (Wildman–Crippen LogP) is 2.46. The highest BCUT2D eigenvalue weighted by Gasteiger charge is 2.07. The van der Waals surface area contributed by atoms with Crippen LogP contribution >= 0.6 is 27.7 Å². The number of aromatic nitrogens is 2. The number of hydrogen-bond acceptors (Lipinski definition) is 4. The van der Waals surface area contributed by atoms with Crippen LogP contribution in [0.2, 0.25) is 0 Å². The molecule has 21 heavy (non-hydrogen) atoms. The molecule has 1 aromatic carbocycles. The number of benzene rings is 1. The van der Waals surface area contributed by atoms with Gasteiger partial charge in [-0.2, -0.15) is 5.10 Å². The van der Waals surface area contributed by atoms with E-state index in [-0.39, 0.29) is 18.2 Å². The maximum Gasteiger partial charge on any atom is 0.325 e. The Kier molecular flexibility index (Phi) is 5.40. The van der Waals surface area contributed by atoms with Gasteiger partial charge < -0.3 is 10.4 Å². The highest BCUT2D eigenvalue weighted by atomic mass is 79.9. The van der Waals surface area contributed by atoms with Crippen LogP contribution in [0.4, 0.5) is 5.69 Å². The summed E-state index contributed by atoms with van der Waals surface area (Å²) >= 11 is 4.77. The lowest BCUT2D eigenvalue weighted by Crippen LogP contribution is -2.13. The van der Waals surface area contributed by atoms with Crippen LogP contribution in [0, 0.1) is 0 Å². The Balaban J connectivity index is 1.82. The molecule has 0 radical (unpaired) electrons. The number of rotatable bonds is 6. The molecule has 0 saturated carbocycles. The topological polar surface area (TPSA) is 84.2 Å². The average molecular weight is 370 g/mol. The first-order valence-corrected chi connectivity index (χ1v) is 7.73. The largest absolute Gasteiger partial charge is 0.480 e. The fourth-order valence-corrected chi connectivity index (χ4v) is 2.49. The maximum atomic E-state index is 11.8. The summed E-state index contributed by atoms with van der Waals surface area (Å²) in [5, 5.41) is 15.2. The van der Waals surface area contributed by atoms with Gasteiger partial charge in [-0.25, -0.2) is 0 Å². The van der Waals surface area contributed by atoms with Crippen molar-refractivity contribution in [3.63, 3.8) is 0 Å². The third-order valence-electron chi connectivity index (χ3n) is 2.40. The minimum Gasteiger partial charge on any atom is -0.480 e. The first-order chi connectivity index (χ1) is 10.0. The van der Waals surface area contributed by atoms with Crippen molar-refractivity contribution in [2.45, 2.75) is 11.4 Å². The van der Waals surface area contributed by atoms with Gasteiger partial charge in [0.25, 0.3) is 0 Å². The van der Waals surface area contributed by atoms with E-state index in [1.165, 1.54) is 28.8 Å². The Hall–Kier alpha value is -1.80. The van der Waals surface area contributed by atoms with Crippen LogP contribution in [0.15, 0.2) is 46.0 Å². The summed E-state index contributed by atoms with van der Waals surface area (Å²) in [6.45, 7) is -0.233. The van der Waals surface area contributed by atoms with Gasteiger partial charge in [-0.05, 0) is 24.3 Å². The van der Waals surface area contributed by atoms with Crippen LogP contribution in [0.1, 0.15) is 0 Å². The van der Waals surface area contributed by atoms with Crippen molar-refractivity contribution >= 4 is 45.3 Å². The average Bonchev–Trinajstić information content (AvgIpc) is 2.84. The number of carboxylic acids is 1. The van der Waals surface area contributed by atoms with Crippen LogP contribution in [-0.4, -0.2) is 32.5 Å². The lowest BCUT2D eigenvalue weighted by molar-refractivity contribution is -0.137. The van der Waals surface area contributed by atoms with Gasteiger partial charge in [0.05, 0.1) is 17.6 Å². The highest BCUT2D eigenvalue weighted by Crippen LogP contribution is 2.20. The number of thioether (sulfide) groups is 1. The zero-order valence-electron chi connectivity index (χ0n) is 10.8. The van der Waals surface area contributed by atoms with E-state index in [1.54, 1.807) is 0 Å². The molecular formula is C13H12BrN3O3S. The predicted molar refractivity (Wildman–Crippen MR) is 83.4 cm³/mol. The van der Waals surface area contributed by atoms with E-state index in [1.807, 2.05) is 24.3 Å². The second-order valence-electron chi connectivity index (χ2n) is 4.11. The minimum atomic E-state index is -0.984. The van der Waals surface area contributed by atoms with E-state index in [0.717, 1.165) is 9.37 Å². The van der Waals surface area contributed by atoms with Crippen LogP contribution < -0.4 is 5.32 Å². The summed E-state index contributed by atoms with van der Waals surface area (Å²) in [6, 6.07) is 7.67. The first kappa shape index (κ1) is 15.6. The summed E-state index contributed by atoms with van der Waals surface area (Å²) in [6.07, 6.45) is 2.90. The smallest absolute Gasteiger partial charge is 0.325 e. The second kappa shape index (κ2) is 7.28. The lowest BCUT2D eigenvalue weighted by atomic mass is 10.4. The number of halogens is 1. The number of anilines is 1. The third kappa shape index (κ3) is 5.24. The van der Waals surface area contributed by atoms with Crippen molar-refractivity contribution in [1.82, 2.24) is 9.78 Å². The van der Waals surface area contributed by atoms with Crippen molar-refractivity contribution in [3.8, 4) is 0 Å². The number of carbonyl (C=O) groups excluding carboxylic acids is 1. The molecular weight excluding hydrogens is 358 g/mol. The fourth-order valence-electron chi connectivity index (χ4n) is 1.53. The monoisotopic (exact) mass is 369 g/mol. The summed E-state index contributed by atoms with van der Waals surface area (Å²) in [4.78, 5) is 23.3. The molecule has 110 valence electrons. The van der Waals surface area contributed by atoms with E-state index in [4.69, 9.17) is 5.11 Å². The molecule has 2 N–H and O–H groups in total. The fraction of sp³-hybridized carbons (Fsp3) is 0.154. The molecule has 0 aliphatic rings. The molecule has 1 heterocycles. The van der Waals surface area contributed by atoms with Crippen molar-refractivity contribution in [3.05, 3.63) is 41.1 Å². The number of carbonyl (C=O) groups is 2. The molecule has 0 saturated heterocycles. The summed E-state index contributed by atoms with van der Waals surface area (Å²) in [5.41, 5.74) is 0.484. The van der Waals surface area contributed by atoms with E-state index < -0.39 is 5.97 Å². The van der Waals surface area contributed by atoms with Crippen LogP contribution in [-0.2, 0) is 16.1 Å². The Morgan fingerprint density at radius 2 is 2.05 bits per heavy atom. The van der Waals surface area contributed by atoms with Crippen LogP contribution in [0.5, 0.6) is 0 Å². The van der Waals surface area contributed by atoms with E-state index in [2.05, 4.69) is 26.3 Å². The molecule has 0 unspecified atom stereocenters. The zero-order valence-corrected chi connectivity index (χ0v) is 13.2. The molecule has 0 fully saturated rings. The number of nitrogens with one attached hydrogen (secondary N) is 1. The van der Waals surface area contributed by atoms with Gasteiger partial charge in [0.1, 0.15) is 6.54 Å². The summed E-state index contributed by atoms with van der Waals surface area (Å²) in [7, 11) is 0. The zero-order chi connectivity index (χ0) is 15.2. The van der Waals surface area contributed by atoms with E-state index in [9.17, 15) is 9.59 Å². The molecule has 0 bridgehead atoms. The standard InChI is InChI=1S/C13H12BrN3O3S/c14-9-1-3-11(4-2-9)21-8-12(18)16-10-5-15-17(6-10)7-13(19)20/h1-6H,7-8H2,(H,16,18)(H,19,20). The molecule has 1 amide bonds. The normalized spacial score (nSPS) is 10.3. The molecule has 6 nitrogen and oxygen atoms in total. The number of carboxylic acid groups (broad SMARTS) is 1. The number of nitrogens with zero attached hydrogens (tertiary/aromatic N) is 2. The number of aliphatic carboxylic acids is 1. The number of hydrogen-bond donors (Lipinski definition) is 2. The van der Waals surface area contributed by atoms with Gasteiger partial charge in [-0.1, -0.05) is 15.9 Å². The lowest BCUT2D eigenvalue weighted by Gasteiger charge is -2.03. The molecule has 2 rings (SSSR count). The van der Waals surface area contributed by atoms with E-state index in [0.29, 0.717) is 5.69 Å². The Bertz CT molecular complexity index is 642. The van der Waals surface area contributed by atoms with Gasteiger partial charge >= 0.3 is 5.97 Å². The maximum absolute atomic E-state index is 11.8. The molecule has 0 atom stereocenters. The Labute approximate surface area is 133 Å². The van der Waals surface area contributed by atoms with Crippen LogP contribution in [0.25, 0.3) is 0 Å². The van der Waals surface area contributed by atoms with Crippen molar-refractivity contribution < 1.29 is 14.7 Å². The Morgan fingerprint density at radius 3 is 2.71 bits per heavy atom. The summed E-state index contributed by atoms with van der Waals surface area (Å²) < 4.78 is 2.24. The first-order valence-electron chi connectivity index (χ1n) is 5.95. The molecule has 0 spiro atoms. The van der Waals surface area contributed by atoms with Gasteiger partial charge in [-0.15, -0.1) is 11.8 Å². The van der Waals surface area contributed by atoms with Gasteiger partial charge in [0.15, 0.2) is 0 Å². The van der Waals surface area contributed by atoms with Crippen molar-refractivity contribution in [2.75, 3.05) is 11.1 Å². The molecule has 8 heteroatoms. The summed E-state index contributed by atoms with van der Waals surface area (Å²) in [5.74, 6) is -0.884. The van der Waals surface area contributed by atoms with Gasteiger partial charge in [-0.3, -0.25) is 14.3 Å². The molecule has 0 aliphatic carbocycles. The molecule has 0 aliphatic heterocycles. The molecule has 1 aromatic heterocycles. The van der Waals surface area contributed by atoms with Gasteiger partial charge in [0.2, 0.25) is 5.91 Å². The number of amides is 1. The molecule has 2 aromatic rings. The third-order valence-corrected chi connectivity index (χ3v) is 3.94. The quantitative estimate of drug-likeness (QED) is 0.764.